The predicted molar refractivity (Wildman–Crippen MR) is 112 cm³/mol. The van der Waals surface area contributed by atoms with Crippen LogP contribution >= 0.6 is 0 Å². The van der Waals surface area contributed by atoms with Gasteiger partial charge in [-0.05, 0) is 23.6 Å². The highest BCUT2D eigenvalue weighted by molar-refractivity contribution is 6.52. The van der Waals surface area contributed by atoms with Gasteiger partial charge < -0.3 is 9.52 Å². The molecule has 0 atom stereocenters. The molecule has 1 N–H and O–H groups in total. The van der Waals surface area contributed by atoms with E-state index in [1.807, 2.05) is 30.3 Å². The van der Waals surface area contributed by atoms with Crippen LogP contribution in [-0.2, 0) is 16.0 Å². The van der Waals surface area contributed by atoms with E-state index in [1.54, 1.807) is 12.1 Å². The standard InChI is InChI=1S/C23H15N3O5/c27-20-14-26(21(28)18(25-20)8-4-7-15-5-2-1-3-6-15)23-24-13-19(31-23)16-9-11-17(12-10-16)22(29)30/h1-3,5-6,9-13H,7,14H2,(H,29,30). The third-order valence-electron chi connectivity index (χ3n) is 4.46. The minimum Gasteiger partial charge on any atom is -0.478 e. The van der Waals surface area contributed by atoms with Crippen LogP contribution in [0.4, 0.5) is 6.01 Å². The molecule has 0 fully saturated rings. The van der Waals surface area contributed by atoms with E-state index in [4.69, 9.17) is 9.52 Å². The summed E-state index contributed by atoms with van der Waals surface area (Å²) in [7, 11) is 0. The molecule has 0 bridgehead atoms. The van der Waals surface area contributed by atoms with Crippen LogP contribution in [0.2, 0.25) is 0 Å². The molecule has 1 aliphatic rings. The fourth-order valence-electron chi connectivity index (χ4n) is 2.90. The van der Waals surface area contributed by atoms with Crippen LogP contribution in [0.25, 0.3) is 11.3 Å². The number of amides is 2. The van der Waals surface area contributed by atoms with Crippen molar-refractivity contribution in [3.05, 3.63) is 71.9 Å². The van der Waals surface area contributed by atoms with Crippen molar-refractivity contribution in [2.45, 2.75) is 6.42 Å². The summed E-state index contributed by atoms with van der Waals surface area (Å²) in [6.07, 6.45) is 1.81. The lowest BCUT2D eigenvalue weighted by Gasteiger charge is -2.19. The fourth-order valence-corrected chi connectivity index (χ4v) is 2.90. The van der Waals surface area contributed by atoms with Crippen LogP contribution in [0.5, 0.6) is 0 Å². The molecule has 0 spiro atoms. The zero-order valence-electron chi connectivity index (χ0n) is 16.1. The lowest BCUT2D eigenvalue weighted by atomic mass is 10.1. The number of rotatable bonds is 4. The largest absolute Gasteiger partial charge is 0.478 e. The average molecular weight is 413 g/mol. The number of aromatic nitrogens is 1. The number of carbonyl (C=O) groups is 3. The van der Waals surface area contributed by atoms with Crippen molar-refractivity contribution in [1.29, 1.82) is 0 Å². The van der Waals surface area contributed by atoms with E-state index in [1.165, 1.54) is 18.3 Å². The van der Waals surface area contributed by atoms with Crippen molar-refractivity contribution >= 4 is 29.5 Å². The minimum absolute atomic E-state index is 0.0621. The van der Waals surface area contributed by atoms with Crippen LogP contribution in [0.1, 0.15) is 15.9 Å². The SMILES string of the molecule is O=C1CN(c2ncc(-c3ccc(C(=O)O)cc3)o2)C(=O)C(C#CCc2ccccc2)=N1. The van der Waals surface area contributed by atoms with Gasteiger partial charge in [0.2, 0.25) is 0 Å². The third kappa shape index (κ3) is 4.41. The van der Waals surface area contributed by atoms with Crippen molar-refractivity contribution in [1.82, 2.24) is 4.98 Å². The number of hydrogen-bond acceptors (Lipinski definition) is 5. The summed E-state index contributed by atoms with van der Waals surface area (Å²) in [6.45, 7) is -0.305. The molecule has 0 saturated carbocycles. The second-order valence-corrected chi connectivity index (χ2v) is 6.60. The van der Waals surface area contributed by atoms with Gasteiger partial charge in [0.05, 0.1) is 11.8 Å². The maximum Gasteiger partial charge on any atom is 0.335 e. The van der Waals surface area contributed by atoms with Gasteiger partial charge in [0.25, 0.3) is 11.8 Å². The molecule has 1 aliphatic heterocycles. The van der Waals surface area contributed by atoms with Crippen LogP contribution in [0.15, 0.2) is 70.2 Å². The van der Waals surface area contributed by atoms with Gasteiger partial charge >= 0.3 is 12.0 Å². The Morgan fingerprint density at radius 2 is 1.84 bits per heavy atom. The zero-order chi connectivity index (χ0) is 21.8. The second kappa shape index (κ2) is 8.47. The number of benzene rings is 2. The highest BCUT2D eigenvalue weighted by atomic mass is 16.4. The average Bonchev–Trinajstić information content (AvgIpc) is 3.27. The predicted octanol–water partition coefficient (Wildman–Crippen LogP) is 2.60. The molecule has 2 amide bonds. The van der Waals surface area contributed by atoms with Crippen LogP contribution in [0, 0.1) is 11.8 Å². The molecule has 1 aromatic heterocycles. The summed E-state index contributed by atoms with van der Waals surface area (Å²) in [5.74, 6) is 3.71. The minimum atomic E-state index is -1.04. The number of hydrogen-bond donors (Lipinski definition) is 1. The first kappa shape index (κ1) is 19.8. The molecule has 0 saturated heterocycles. The van der Waals surface area contributed by atoms with Crippen LogP contribution in [-0.4, -0.2) is 40.1 Å². The first-order valence-electron chi connectivity index (χ1n) is 9.27. The van der Waals surface area contributed by atoms with Gasteiger partial charge in [-0.15, -0.1) is 0 Å². The van der Waals surface area contributed by atoms with Gasteiger partial charge in [0, 0.05) is 12.0 Å². The molecule has 0 unspecified atom stereocenters. The molecule has 8 heteroatoms. The Morgan fingerprint density at radius 3 is 2.55 bits per heavy atom. The lowest BCUT2D eigenvalue weighted by molar-refractivity contribution is -0.120. The Bertz CT molecular complexity index is 1250. The summed E-state index contributed by atoms with van der Waals surface area (Å²) in [5, 5.41) is 8.99. The van der Waals surface area contributed by atoms with Gasteiger partial charge in [-0.25, -0.2) is 14.7 Å². The fraction of sp³-hybridized carbons (Fsp3) is 0.0870. The number of aromatic carboxylic acids is 1. The third-order valence-corrected chi connectivity index (χ3v) is 4.46. The molecular weight excluding hydrogens is 398 g/mol. The summed E-state index contributed by atoms with van der Waals surface area (Å²) in [6, 6.07) is 15.4. The van der Waals surface area contributed by atoms with E-state index >= 15 is 0 Å². The number of oxazole rings is 1. The van der Waals surface area contributed by atoms with Crippen molar-refractivity contribution < 1.29 is 23.9 Å². The van der Waals surface area contributed by atoms with E-state index in [9.17, 15) is 14.4 Å². The smallest absolute Gasteiger partial charge is 0.335 e. The van der Waals surface area contributed by atoms with E-state index in [2.05, 4.69) is 21.8 Å². The van der Waals surface area contributed by atoms with E-state index in [0.29, 0.717) is 17.7 Å². The van der Waals surface area contributed by atoms with Crippen molar-refractivity contribution in [2.24, 2.45) is 4.99 Å². The Hall–Kier alpha value is -4.51. The molecule has 0 radical (unpaired) electrons. The molecule has 4 rings (SSSR count). The quantitative estimate of drug-likeness (QED) is 0.658. The van der Waals surface area contributed by atoms with Gasteiger partial charge in [-0.2, -0.15) is 4.99 Å². The first-order valence-corrected chi connectivity index (χ1v) is 9.27. The Balaban J connectivity index is 1.53. The Labute approximate surface area is 176 Å². The number of carboxylic acid groups (broad SMARTS) is 1. The van der Waals surface area contributed by atoms with E-state index < -0.39 is 17.8 Å². The van der Waals surface area contributed by atoms with Gasteiger partial charge in [0.15, 0.2) is 11.5 Å². The monoisotopic (exact) mass is 413 g/mol. The van der Waals surface area contributed by atoms with Crippen LogP contribution < -0.4 is 4.90 Å². The number of carboxylic acids is 1. The summed E-state index contributed by atoms with van der Waals surface area (Å²) in [5.41, 5.74) is 1.53. The molecule has 3 aromatic rings. The second-order valence-electron chi connectivity index (χ2n) is 6.60. The molecule has 2 aromatic carbocycles. The lowest BCUT2D eigenvalue weighted by Crippen LogP contribution is -2.44. The van der Waals surface area contributed by atoms with Gasteiger partial charge in [0.1, 0.15) is 6.54 Å². The molecule has 31 heavy (non-hydrogen) atoms. The van der Waals surface area contributed by atoms with Crippen molar-refractivity contribution in [3.63, 3.8) is 0 Å². The molecule has 152 valence electrons. The van der Waals surface area contributed by atoms with Crippen molar-refractivity contribution in [2.75, 3.05) is 11.4 Å². The number of anilines is 1. The normalized spacial score (nSPS) is 13.4. The Morgan fingerprint density at radius 1 is 1.10 bits per heavy atom. The molecule has 0 aliphatic carbocycles. The number of aliphatic imine (C=N–C) groups is 1. The zero-order valence-corrected chi connectivity index (χ0v) is 16.1. The van der Waals surface area contributed by atoms with Crippen molar-refractivity contribution in [3.8, 4) is 23.2 Å². The van der Waals surface area contributed by atoms with Crippen LogP contribution in [0.3, 0.4) is 0 Å². The molecule has 2 heterocycles. The molecular formula is C23H15N3O5. The van der Waals surface area contributed by atoms with Gasteiger partial charge in [-0.1, -0.05) is 48.4 Å². The maximum atomic E-state index is 12.8. The van der Waals surface area contributed by atoms with Gasteiger partial charge in [-0.3, -0.25) is 9.59 Å². The molecule has 8 nitrogen and oxygen atoms in total. The highest BCUT2D eigenvalue weighted by Gasteiger charge is 2.31. The Kier molecular flexibility index (Phi) is 5.41. The first-order chi connectivity index (χ1) is 15.0. The van der Waals surface area contributed by atoms with E-state index in [0.717, 1.165) is 10.5 Å². The highest BCUT2D eigenvalue weighted by Crippen LogP contribution is 2.25. The summed E-state index contributed by atoms with van der Waals surface area (Å²) >= 11 is 0. The van der Waals surface area contributed by atoms with E-state index in [-0.39, 0.29) is 23.8 Å². The number of nitrogens with zero attached hydrogens (tertiary/aromatic N) is 3. The summed E-state index contributed by atoms with van der Waals surface area (Å²) < 4.78 is 5.64. The maximum absolute atomic E-state index is 12.8. The summed E-state index contributed by atoms with van der Waals surface area (Å²) in [4.78, 5) is 44.7. The topological polar surface area (TPSA) is 113 Å². The number of carbonyl (C=O) groups excluding carboxylic acids is 2.